The minimum Gasteiger partial charge on any atom is -0.486 e. The molecule has 0 saturated heterocycles. The Morgan fingerprint density at radius 1 is 1.14 bits per heavy atom. The van der Waals surface area contributed by atoms with E-state index in [9.17, 15) is 9.59 Å². The molecule has 1 atom stereocenters. The topological polar surface area (TPSA) is 86.8 Å². The molecule has 1 aliphatic rings. The predicted molar refractivity (Wildman–Crippen MR) is 108 cm³/mol. The fourth-order valence-corrected chi connectivity index (χ4v) is 3.86. The number of carbonyl (C=O) groups is 2. The summed E-state index contributed by atoms with van der Waals surface area (Å²) in [5, 5.41) is 3.58. The van der Waals surface area contributed by atoms with Crippen LogP contribution < -0.4 is 14.8 Å². The Morgan fingerprint density at radius 2 is 1.93 bits per heavy atom. The summed E-state index contributed by atoms with van der Waals surface area (Å²) in [7, 11) is 0. The fraction of sp³-hybridized carbons (Fsp3) is 0.286. The minimum atomic E-state index is -0.425. The number of rotatable bonds is 7. The normalized spacial score (nSPS) is 15.1. The van der Waals surface area contributed by atoms with Crippen LogP contribution >= 0.6 is 11.3 Å². The van der Waals surface area contributed by atoms with E-state index in [1.807, 2.05) is 48.5 Å². The van der Waals surface area contributed by atoms with E-state index in [2.05, 4.69) is 10.3 Å². The number of hydrogen-bond acceptors (Lipinski definition) is 7. The molecule has 2 heterocycles. The van der Waals surface area contributed by atoms with E-state index in [1.54, 1.807) is 11.3 Å². The van der Waals surface area contributed by atoms with Crippen LogP contribution in [0.3, 0.4) is 0 Å². The zero-order valence-corrected chi connectivity index (χ0v) is 16.4. The second-order valence-corrected chi connectivity index (χ2v) is 7.65. The van der Waals surface area contributed by atoms with Crippen molar-refractivity contribution in [1.82, 2.24) is 10.3 Å². The average Bonchev–Trinajstić information content (AvgIpc) is 3.17. The molecular formula is C21H20N2O5S. The number of hydrogen-bond donors (Lipinski definition) is 1. The van der Waals surface area contributed by atoms with Crippen LogP contribution in [0, 0.1) is 0 Å². The van der Waals surface area contributed by atoms with Crippen molar-refractivity contribution in [3.8, 4) is 11.5 Å². The summed E-state index contributed by atoms with van der Waals surface area (Å²) in [4.78, 5) is 28.3. The molecule has 0 bridgehead atoms. The second kappa shape index (κ2) is 8.91. The fourth-order valence-electron chi connectivity index (χ4n) is 2.90. The number of benzene rings is 2. The number of fused-ring (bicyclic) bond motifs is 2. The maximum absolute atomic E-state index is 11.9. The van der Waals surface area contributed by atoms with Crippen LogP contribution in [0.15, 0.2) is 48.5 Å². The molecule has 1 aliphatic heterocycles. The van der Waals surface area contributed by atoms with E-state index in [0.717, 1.165) is 15.2 Å². The quantitative estimate of drug-likeness (QED) is 0.601. The first-order valence-corrected chi connectivity index (χ1v) is 10.1. The molecule has 0 fully saturated rings. The van der Waals surface area contributed by atoms with Crippen molar-refractivity contribution in [2.24, 2.45) is 0 Å². The number of para-hydroxylation sites is 3. The lowest BCUT2D eigenvalue weighted by atomic mass is 10.2. The van der Waals surface area contributed by atoms with E-state index in [1.165, 1.54) is 0 Å². The Kier molecular flexibility index (Phi) is 5.90. The van der Waals surface area contributed by atoms with Gasteiger partial charge in [-0.2, -0.15) is 0 Å². The molecule has 1 N–H and O–H groups in total. The van der Waals surface area contributed by atoms with Gasteiger partial charge in [-0.25, -0.2) is 4.98 Å². The van der Waals surface area contributed by atoms with Crippen LogP contribution in [0.25, 0.3) is 10.2 Å². The van der Waals surface area contributed by atoms with Crippen LogP contribution in [-0.2, 0) is 20.7 Å². The molecule has 8 heteroatoms. The molecule has 4 rings (SSSR count). The van der Waals surface area contributed by atoms with E-state index in [0.29, 0.717) is 24.5 Å². The van der Waals surface area contributed by atoms with Gasteiger partial charge in [0.25, 0.3) is 5.91 Å². The highest BCUT2D eigenvalue weighted by molar-refractivity contribution is 7.18. The summed E-state index contributed by atoms with van der Waals surface area (Å²) in [6, 6.07) is 15.2. The number of esters is 1. The number of aromatic nitrogens is 1. The number of nitrogens with one attached hydrogen (secondary N) is 1. The van der Waals surface area contributed by atoms with E-state index in [4.69, 9.17) is 14.2 Å². The number of ether oxygens (including phenoxy) is 3. The number of thiazole rings is 1. The lowest BCUT2D eigenvalue weighted by Gasteiger charge is -2.26. The summed E-state index contributed by atoms with van der Waals surface area (Å²) < 4.78 is 17.5. The monoisotopic (exact) mass is 412 g/mol. The number of aryl methyl sites for hydroxylation is 1. The lowest BCUT2D eigenvalue weighted by molar-refractivity contribution is -0.148. The van der Waals surface area contributed by atoms with Gasteiger partial charge in [-0.05, 0) is 24.3 Å². The number of carbonyl (C=O) groups excluding carboxylic acids is 2. The van der Waals surface area contributed by atoms with Gasteiger partial charge in [0.1, 0.15) is 12.7 Å². The maximum Gasteiger partial charge on any atom is 0.306 e. The van der Waals surface area contributed by atoms with Crippen molar-refractivity contribution in [3.05, 3.63) is 53.5 Å². The van der Waals surface area contributed by atoms with Gasteiger partial charge in [0.05, 0.1) is 28.2 Å². The van der Waals surface area contributed by atoms with Crippen molar-refractivity contribution in [1.29, 1.82) is 0 Å². The molecule has 29 heavy (non-hydrogen) atoms. The molecule has 1 amide bonds. The smallest absolute Gasteiger partial charge is 0.306 e. The third kappa shape index (κ3) is 5.03. The van der Waals surface area contributed by atoms with Crippen LogP contribution in [0.5, 0.6) is 11.5 Å². The standard InChI is InChI=1S/C21H20N2O5S/c24-19(22-11-14-12-26-16-6-2-3-7-17(16)28-14)13-27-21(25)10-9-20-23-15-5-1-4-8-18(15)29-20/h1-8,14H,9-13H2,(H,22,24)/t14-/m1/s1. The molecule has 0 saturated carbocycles. The molecule has 150 valence electrons. The largest absolute Gasteiger partial charge is 0.486 e. The van der Waals surface area contributed by atoms with E-state index >= 15 is 0 Å². The average molecular weight is 412 g/mol. The Bertz CT molecular complexity index is 986. The van der Waals surface area contributed by atoms with Crippen molar-refractivity contribution in [3.63, 3.8) is 0 Å². The van der Waals surface area contributed by atoms with Crippen LogP contribution in [0.1, 0.15) is 11.4 Å². The van der Waals surface area contributed by atoms with Gasteiger partial charge in [0, 0.05) is 6.42 Å². The Hall–Kier alpha value is -3.13. The van der Waals surface area contributed by atoms with Crippen molar-refractivity contribution >= 4 is 33.4 Å². The first kappa shape index (κ1) is 19.2. The molecule has 3 aromatic rings. The second-order valence-electron chi connectivity index (χ2n) is 6.54. The third-order valence-corrected chi connectivity index (χ3v) is 5.44. The predicted octanol–water partition coefficient (Wildman–Crippen LogP) is 2.73. The van der Waals surface area contributed by atoms with Gasteiger partial charge < -0.3 is 19.5 Å². The highest BCUT2D eigenvalue weighted by Crippen LogP contribution is 2.30. The maximum atomic E-state index is 11.9. The zero-order valence-electron chi connectivity index (χ0n) is 15.6. The number of nitrogens with zero attached hydrogens (tertiary/aromatic N) is 1. The van der Waals surface area contributed by atoms with E-state index in [-0.39, 0.29) is 31.6 Å². The molecule has 0 radical (unpaired) electrons. The Labute approximate surface area is 171 Å². The molecule has 1 aromatic heterocycles. The van der Waals surface area contributed by atoms with Crippen LogP contribution in [0.4, 0.5) is 0 Å². The van der Waals surface area contributed by atoms with Gasteiger partial charge in [-0.3, -0.25) is 9.59 Å². The molecule has 0 unspecified atom stereocenters. The van der Waals surface area contributed by atoms with E-state index < -0.39 is 5.97 Å². The van der Waals surface area contributed by atoms with Crippen molar-refractivity contribution in [2.45, 2.75) is 18.9 Å². The van der Waals surface area contributed by atoms with Crippen molar-refractivity contribution in [2.75, 3.05) is 19.8 Å². The van der Waals surface area contributed by atoms with Gasteiger partial charge >= 0.3 is 5.97 Å². The van der Waals surface area contributed by atoms with Crippen LogP contribution in [0.2, 0.25) is 0 Å². The van der Waals surface area contributed by atoms with Gasteiger partial charge in [-0.1, -0.05) is 24.3 Å². The molecule has 0 spiro atoms. The van der Waals surface area contributed by atoms with Gasteiger partial charge in [0.2, 0.25) is 0 Å². The lowest BCUT2D eigenvalue weighted by Crippen LogP contribution is -2.42. The molecular weight excluding hydrogens is 392 g/mol. The summed E-state index contributed by atoms with van der Waals surface area (Å²) >= 11 is 1.56. The Morgan fingerprint density at radius 3 is 2.79 bits per heavy atom. The first-order chi connectivity index (χ1) is 14.2. The summed E-state index contributed by atoms with van der Waals surface area (Å²) in [5.74, 6) is 0.544. The summed E-state index contributed by atoms with van der Waals surface area (Å²) in [6.07, 6.45) is 0.388. The van der Waals surface area contributed by atoms with Gasteiger partial charge in [0.15, 0.2) is 18.1 Å². The highest BCUT2D eigenvalue weighted by atomic mass is 32.1. The third-order valence-electron chi connectivity index (χ3n) is 4.34. The summed E-state index contributed by atoms with van der Waals surface area (Å²) in [6.45, 7) is 0.304. The molecule has 0 aliphatic carbocycles. The van der Waals surface area contributed by atoms with Crippen LogP contribution in [-0.4, -0.2) is 42.7 Å². The van der Waals surface area contributed by atoms with Gasteiger partial charge in [-0.15, -0.1) is 11.3 Å². The highest BCUT2D eigenvalue weighted by Gasteiger charge is 2.21. The Balaban J connectivity index is 1.15. The zero-order chi connectivity index (χ0) is 20.1. The first-order valence-electron chi connectivity index (χ1n) is 9.32. The molecule has 7 nitrogen and oxygen atoms in total. The number of amides is 1. The minimum absolute atomic E-state index is 0.184. The summed E-state index contributed by atoms with van der Waals surface area (Å²) in [5.41, 5.74) is 0.928. The van der Waals surface area contributed by atoms with Crippen molar-refractivity contribution < 1.29 is 23.8 Å². The SMILES string of the molecule is O=C(COC(=O)CCc1nc2ccccc2s1)NC[C@@H]1COc2ccccc2O1. The molecule has 2 aromatic carbocycles.